The second-order valence-corrected chi connectivity index (χ2v) is 5.18. The molecule has 0 aromatic rings. The number of aldehydes is 1. The molecule has 0 aromatic carbocycles. The first-order chi connectivity index (χ1) is 10.8. The molecule has 0 N–H and O–H groups in total. The third-order valence-corrected chi connectivity index (χ3v) is 3.22. The minimum absolute atomic E-state index is 0.203. The molecule has 122 valence electrons. The predicted octanol–water partition coefficient (Wildman–Crippen LogP) is 5.51. The van der Waals surface area contributed by atoms with Gasteiger partial charge in [0.15, 0.2) is 5.78 Å². The van der Waals surface area contributed by atoms with Crippen molar-refractivity contribution in [3.63, 3.8) is 0 Å². The number of ketones is 1. The van der Waals surface area contributed by atoms with Crippen molar-refractivity contribution in [2.24, 2.45) is 0 Å². The molecule has 0 saturated carbocycles. The highest BCUT2D eigenvalue weighted by molar-refractivity contribution is 6.06. The number of carbonyl (C=O) groups excluding carboxylic acids is 2. The molecule has 1 aliphatic carbocycles. The normalized spacial score (nSPS) is 15.7. The Labute approximate surface area is 135 Å². The van der Waals surface area contributed by atoms with Gasteiger partial charge in [-0.1, -0.05) is 43.4 Å². The number of allylic oxidation sites excluding steroid dienone is 8. The van der Waals surface area contributed by atoms with Gasteiger partial charge in [-0.2, -0.15) is 0 Å². The van der Waals surface area contributed by atoms with E-state index in [0.29, 0.717) is 6.42 Å². The fraction of sp³-hybridized carbons (Fsp3) is 0.500. The van der Waals surface area contributed by atoms with Crippen LogP contribution >= 0.6 is 0 Å². The van der Waals surface area contributed by atoms with E-state index in [-0.39, 0.29) is 5.78 Å². The zero-order valence-electron chi connectivity index (χ0n) is 14.1. The van der Waals surface area contributed by atoms with Gasteiger partial charge >= 0.3 is 0 Å². The third-order valence-electron chi connectivity index (χ3n) is 3.22. The minimum atomic E-state index is 0.203. The summed E-state index contributed by atoms with van der Waals surface area (Å²) in [5.74, 6) is 0.203. The quantitative estimate of drug-likeness (QED) is 0.243. The van der Waals surface area contributed by atoms with Crippen molar-refractivity contribution in [2.45, 2.75) is 65.2 Å². The van der Waals surface area contributed by atoms with Crippen LogP contribution in [0.15, 0.2) is 48.1 Å². The summed E-state index contributed by atoms with van der Waals surface area (Å²) in [5.41, 5.74) is 0.976. The van der Waals surface area contributed by atoms with Gasteiger partial charge in [0.1, 0.15) is 6.29 Å². The molecule has 0 heterocycles. The smallest absolute Gasteiger partial charge is 0.181 e. The first-order valence-electron chi connectivity index (χ1n) is 8.35. The van der Waals surface area contributed by atoms with Gasteiger partial charge in [0.05, 0.1) is 0 Å². The molecule has 0 saturated heterocycles. The van der Waals surface area contributed by atoms with Gasteiger partial charge in [0.2, 0.25) is 0 Å². The van der Waals surface area contributed by atoms with E-state index in [1.165, 1.54) is 0 Å². The molecule has 0 unspecified atom stereocenters. The zero-order valence-corrected chi connectivity index (χ0v) is 14.1. The number of hydrogen-bond donors (Lipinski definition) is 0. The van der Waals surface area contributed by atoms with Crippen molar-refractivity contribution in [3.8, 4) is 0 Å². The minimum Gasteiger partial charge on any atom is -0.303 e. The van der Waals surface area contributed by atoms with Crippen LogP contribution in [0.25, 0.3) is 0 Å². The standard InChI is InChI=1S/C13H18O.C7H12O/c1-2-3-4-5-6-7-9-12-10-8-11-13(12)14;1-2-3-4-5-6-7-8/h3-4,8-9,11H,2,5-7,10H2,1H3;2-3,7H,4-6H2,1H3/b4-3-,12-9+;3-2-. The number of hydrogen-bond acceptors (Lipinski definition) is 2. The number of unbranched alkanes of at least 4 members (excludes halogenated alkanes) is 4. The van der Waals surface area contributed by atoms with E-state index in [9.17, 15) is 9.59 Å². The van der Waals surface area contributed by atoms with Gasteiger partial charge in [0, 0.05) is 6.42 Å². The van der Waals surface area contributed by atoms with E-state index >= 15 is 0 Å². The van der Waals surface area contributed by atoms with Crippen LogP contribution in [0.1, 0.15) is 65.2 Å². The highest BCUT2D eigenvalue weighted by atomic mass is 16.1. The summed E-state index contributed by atoms with van der Waals surface area (Å²) >= 11 is 0. The highest BCUT2D eigenvalue weighted by Gasteiger charge is 2.08. The molecule has 2 nitrogen and oxygen atoms in total. The molecule has 0 atom stereocenters. The second kappa shape index (κ2) is 15.7. The molecule has 0 aliphatic heterocycles. The van der Waals surface area contributed by atoms with Crippen molar-refractivity contribution in [1.82, 2.24) is 0 Å². The van der Waals surface area contributed by atoms with Crippen molar-refractivity contribution >= 4 is 12.1 Å². The maximum Gasteiger partial charge on any atom is 0.181 e. The monoisotopic (exact) mass is 302 g/mol. The highest BCUT2D eigenvalue weighted by Crippen LogP contribution is 2.14. The Bertz CT molecular complexity index is 411. The average Bonchev–Trinajstić information content (AvgIpc) is 2.93. The number of carbonyl (C=O) groups is 2. The molecular formula is C20H30O2. The van der Waals surface area contributed by atoms with Gasteiger partial charge in [-0.15, -0.1) is 0 Å². The van der Waals surface area contributed by atoms with Gasteiger partial charge in [-0.25, -0.2) is 0 Å². The zero-order chi connectivity index (χ0) is 16.5. The maximum atomic E-state index is 11.2. The Hall–Kier alpha value is -1.70. The lowest BCUT2D eigenvalue weighted by Gasteiger charge is -1.94. The van der Waals surface area contributed by atoms with Gasteiger partial charge in [-0.05, 0) is 63.5 Å². The maximum absolute atomic E-state index is 11.2. The van der Waals surface area contributed by atoms with Crippen LogP contribution < -0.4 is 0 Å². The predicted molar refractivity (Wildman–Crippen MR) is 94.9 cm³/mol. The Kier molecular flexibility index (Phi) is 14.5. The summed E-state index contributed by atoms with van der Waals surface area (Å²) in [5, 5.41) is 0. The van der Waals surface area contributed by atoms with Gasteiger partial charge in [-0.3, -0.25) is 4.79 Å². The summed E-state index contributed by atoms with van der Waals surface area (Å²) < 4.78 is 0. The van der Waals surface area contributed by atoms with E-state index in [4.69, 9.17) is 0 Å². The largest absolute Gasteiger partial charge is 0.303 e. The average molecular weight is 302 g/mol. The van der Waals surface area contributed by atoms with Crippen LogP contribution in [0.2, 0.25) is 0 Å². The van der Waals surface area contributed by atoms with Gasteiger partial charge < -0.3 is 4.79 Å². The lowest BCUT2D eigenvalue weighted by molar-refractivity contribution is -0.111. The summed E-state index contributed by atoms with van der Waals surface area (Å²) in [6.45, 7) is 4.13. The summed E-state index contributed by atoms with van der Waals surface area (Å²) in [6.07, 6.45) is 23.1. The van der Waals surface area contributed by atoms with Gasteiger partial charge in [0.25, 0.3) is 0 Å². The molecule has 0 aromatic heterocycles. The Morgan fingerprint density at radius 1 is 1.05 bits per heavy atom. The van der Waals surface area contributed by atoms with E-state index in [2.05, 4.69) is 31.2 Å². The second-order valence-electron chi connectivity index (χ2n) is 5.18. The lowest BCUT2D eigenvalue weighted by atomic mass is 10.1. The molecule has 0 spiro atoms. The van der Waals surface area contributed by atoms with Crippen LogP contribution in [0, 0.1) is 0 Å². The SMILES string of the molecule is C/C=C\CCCC=O.CC/C=C\CCC/C=C1\CC=CC1=O. The summed E-state index contributed by atoms with van der Waals surface area (Å²) in [6, 6.07) is 0. The van der Waals surface area contributed by atoms with Crippen molar-refractivity contribution in [1.29, 1.82) is 0 Å². The molecular weight excluding hydrogens is 272 g/mol. The Morgan fingerprint density at radius 3 is 2.36 bits per heavy atom. The molecule has 0 amide bonds. The van der Waals surface area contributed by atoms with Crippen molar-refractivity contribution in [3.05, 3.63) is 48.1 Å². The topological polar surface area (TPSA) is 34.1 Å². The summed E-state index contributed by atoms with van der Waals surface area (Å²) in [7, 11) is 0. The molecule has 22 heavy (non-hydrogen) atoms. The molecule has 1 rings (SSSR count). The van der Waals surface area contributed by atoms with Crippen LogP contribution in [0.3, 0.4) is 0 Å². The molecule has 0 radical (unpaired) electrons. The first-order valence-corrected chi connectivity index (χ1v) is 8.35. The number of rotatable bonds is 9. The van der Waals surface area contributed by atoms with Crippen molar-refractivity contribution in [2.75, 3.05) is 0 Å². The fourth-order valence-electron chi connectivity index (χ4n) is 1.97. The van der Waals surface area contributed by atoms with E-state index in [1.54, 1.807) is 6.08 Å². The molecule has 0 bridgehead atoms. The lowest BCUT2D eigenvalue weighted by Crippen LogP contribution is -1.90. The van der Waals surface area contributed by atoms with E-state index in [1.807, 2.05) is 19.1 Å². The van der Waals surface area contributed by atoms with Crippen LogP contribution in [-0.2, 0) is 9.59 Å². The molecule has 0 fully saturated rings. The first kappa shape index (κ1) is 20.3. The molecule has 1 aliphatic rings. The Balaban J connectivity index is 0.000000472. The van der Waals surface area contributed by atoms with E-state index in [0.717, 1.165) is 56.8 Å². The van der Waals surface area contributed by atoms with Crippen molar-refractivity contribution < 1.29 is 9.59 Å². The Morgan fingerprint density at radius 2 is 1.77 bits per heavy atom. The summed E-state index contributed by atoms with van der Waals surface area (Å²) in [4.78, 5) is 20.9. The van der Waals surface area contributed by atoms with Crippen LogP contribution in [-0.4, -0.2) is 12.1 Å². The molecule has 2 heteroatoms. The van der Waals surface area contributed by atoms with Crippen LogP contribution in [0.4, 0.5) is 0 Å². The van der Waals surface area contributed by atoms with Crippen LogP contribution in [0.5, 0.6) is 0 Å². The third kappa shape index (κ3) is 12.1. The van der Waals surface area contributed by atoms with E-state index < -0.39 is 0 Å². The fourth-order valence-corrected chi connectivity index (χ4v) is 1.97.